The van der Waals surface area contributed by atoms with Crippen molar-refractivity contribution in [1.82, 2.24) is 0 Å². The van der Waals surface area contributed by atoms with Gasteiger partial charge < -0.3 is 14.2 Å². The van der Waals surface area contributed by atoms with E-state index >= 15 is 0 Å². The Hall–Kier alpha value is -5.23. The Kier molecular flexibility index (Phi) is 61.0. The maximum atomic E-state index is 12.9. The summed E-state index contributed by atoms with van der Waals surface area (Å²) in [6, 6.07) is 0. The second-order valence-electron chi connectivity index (χ2n) is 20.2. The number of esters is 3. The molecule has 0 rings (SSSR count). The van der Waals surface area contributed by atoms with Crippen LogP contribution in [-0.4, -0.2) is 37.2 Å². The molecule has 0 spiro atoms. The van der Waals surface area contributed by atoms with E-state index in [9.17, 15) is 14.4 Å². The maximum Gasteiger partial charge on any atom is 0.306 e. The number of rotatable bonds is 55. The lowest BCUT2D eigenvalue weighted by molar-refractivity contribution is -0.167. The van der Waals surface area contributed by atoms with Gasteiger partial charge in [-0.25, -0.2) is 0 Å². The van der Waals surface area contributed by atoms with Crippen LogP contribution in [0.3, 0.4) is 0 Å². The normalized spacial score (nSPS) is 13.3. The second-order valence-corrected chi connectivity index (χ2v) is 20.2. The Balaban J connectivity index is 4.43. The van der Waals surface area contributed by atoms with Crippen molar-refractivity contribution >= 4 is 17.9 Å². The fraction of sp³-hybridized carbons (Fsp3) is 0.575. The summed E-state index contributed by atoms with van der Waals surface area (Å²) in [5, 5.41) is 0. The van der Waals surface area contributed by atoms with Gasteiger partial charge in [0.25, 0.3) is 0 Å². The van der Waals surface area contributed by atoms with E-state index < -0.39 is 6.10 Å². The fourth-order valence-corrected chi connectivity index (χ4v) is 8.07. The SMILES string of the molecule is CC/C=C\C/C=C\C/C=C\C/C=C\C/C=C\C/C=C\CCCCC(=O)OC(COC(=O)CCCCC/C=C\C/C=C\C/C=C\CC)COC(=O)CCCCCCCCCCCCC/C=C\C/C=C\C/C=C\C/C=C\C/C=C\CC. The van der Waals surface area contributed by atoms with Crippen LogP contribution in [0.5, 0.6) is 0 Å². The third kappa shape index (κ3) is 63.5. The molecule has 0 aromatic rings. The zero-order valence-electron chi connectivity index (χ0n) is 50.6. The van der Waals surface area contributed by atoms with Gasteiger partial charge in [0.15, 0.2) is 6.10 Å². The van der Waals surface area contributed by atoms with Crippen LogP contribution in [-0.2, 0) is 28.6 Å². The van der Waals surface area contributed by atoms with E-state index in [1.807, 2.05) is 0 Å². The van der Waals surface area contributed by atoms with Crippen LogP contribution in [0.25, 0.3) is 0 Å². The monoisotopic (exact) mass is 1090 g/mol. The predicted octanol–water partition coefficient (Wildman–Crippen LogP) is 21.9. The summed E-state index contributed by atoms with van der Waals surface area (Å²) in [4.78, 5) is 38.3. The number of hydrogen-bond donors (Lipinski definition) is 0. The summed E-state index contributed by atoms with van der Waals surface area (Å²) in [6.45, 7) is 6.23. The average molecular weight is 1090 g/mol. The number of hydrogen-bond acceptors (Lipinski definition) is 6. The quantitative estimate of drug-likeness (QED) is 0.0261. The van der Waals surface area contributed by atoms with E-state index in [1.165, 1.54) is 57.8 Å². The second kappa shape index (κ2) is 65.3. The maximum absolute atomic E-state index is 12.9. The molecule has 0 aliphatic heterocycles. The minimum Gasteiger partial charge on any atom is -0.462 e. The summed E-state index contributed by atoms with van der Waals surface area (Å²) < 4.78 is 16.8. The van der Waals surface area contributed by atoms with Crippen LogP contribution < -0.4 is 0 Å². The van der Waals surface area contributed by atoms with E-state index in [4.69, 9.17) is 14.2 Å². The molecular weight excluding hydrogens is 973 g/mol. The van der Waals surface area contributed by atoms with Crippen LogP contribution in [0.2, 0.25) is 0 Å². The molecule has 0 N–H and O–H groups in total. The molecule has 0 bridgehead atoms. The van der Waals surface area contributed by atoms with Gasteiger partial charge in [0.1, 0.15) is 13.2 Å². The molecule has 0 saturated heterocycles. The minimum absolute atomic E-state index is 0.114. The molecule has 1 atom stereocenters. The first-order valence-corrected chi connectivity index (χ1v) is 31.6. The molecule has 1 unspecified atom stereocenters. The van der Waals surface area contributed by atoms with Gasteiger partial charge in [0.2, 0.25) is 0 Å². The first kappa shape index (κ1) is 73.8. The molecule has 0 saturated carbocycles. The van der Waals surface area contributed by atoms with Gasteiger partial charge in [-0.3, -0.25) is 14.4 Å². The van der Waals surface area contributed by atoms with Gasteiger partial charge in [0.05, 0.1) is 0 Å². The molecule has 79 heavy (non-hydrogen) atoms. The largest absolute Gasteiger partial charge is 0.462 e. The standard InChI is InChI=1S/C73H114O6/c1-4-7-10-13-16-19-22-25-27-29-31-33-34-35-36-37-38-40-41-43-45-48-51-54-57-60-63-66-72(75)78-69-70(68-77-71(74)65-62-59-56-53-50-47-24-21-18-15-12-9-6-3)79-73(76)67-64-61-58-55-52-49-46-44-42-39-32-30-28-26-23-20-17-14-11-8-5-2/h7-12,16-21,25-28,31-33,35-36,39,44,46-47,50,52,55,70H,4-6,13-15,22-24,29-30,34,37-38,40-43,45,48-49,51,53-54,56-69H2,1-3H3/b10-7-,11-8-,12-9-,19-16-,20-17-,21-18-,27-25-,28-26-,33-31-,36-35-,39-32-,46-44-,50-47-,55-52-. The van der Waals surface area contributed by atoms with E-state index in [-0.39, 0.29) is 37.5 Å². The number of carbonyl (C=O) groups is 3. The Morgan fingerprint density at radius 2 is 0.456 bits per heavy atom. The smallest absolute Gasteiger partial charge is 0.306 e. The average Bonchev–Trinajstić information content (AvgIpc) is 3.45. The van der Waals surface area contributed by atoms with Crippen LogP contribution in [0, 0.1) is 0 Å². The number of ether oxygens (including phenoxy) is 3. The van der Waals surface area contributed by atoms with Crippen LogP contribution in [0.15, 0.2) is 170 Å². The molecular formula is C73H114O6. The molecule has 0 radical (unpaired) electrons. The van der Waals surface area contributed by atoms with Gasteiger partial charge >= 0.3 is 17.9 Å². The van der Waals surface area contributed by atoms with Crippen molar-refractivity contribution in [2.75, 3.05) is 13.2 Å². The molecule has 0 heterocycles. The molecule has 0 aliphatic carbocycles. The van der Waals surface area contributed by atoms with E-state index in [1.54, 1.807) is 0 Å². The Bertz CT molecular complexity index is 1820. The molecule has 0 amide bonds. The van der Waals surface area contributed by atoms with Gasteiger partial charge in [0, 0.05) is 19.3 Å². The van der Waals surface area contributed by atoms with Crippen molar-refractivity contribution in [1.29, 1.82) is 0 Å². The number of unbranched alkanes of at least 4 members (excludes halogenated alkanes) is 16. The highest BCUT2D eigenvalue weighted by atomic mass is 16.6. The third-order valence-electron chi connectivity index (χ3n) is 12.7. The Labute approximate surface area is 485 Å². The van der Waals surface area contributed by atoms with Gasteiger partial charge in [-0.2, -0.15) is 0 Å². The summed E-state index contributed by atoms with van der Waals surface area (Å²) in [7, 11) is 0. The fourth-order valence-electron chi connectivity index (χ4n) is 8.07. The number of allylic oxidation sites excluding steroid dienone is 28. The predicted molar refractivity (Wildman–Crippen MR) is 343 cm³/mol. The summed E-state index contributed by atoms with van der Waals surface area (Å²) >= 11 is 0. The lowest BCUT2D eigenvalue weighted by atomic mass is 10.0. The molecule has 0 aromatic heterocycles. The summed E-state index contributed by atoms with van der Waals surface area (Å²) in [5.74, 6) is -0.997. The molecule has 442 valence electrons. The van der Waals surface area contributed by atoms with Crippen molar-refractivity contribution in [3.8, 4) is 0 Å². The highest BCUT2D eigenvalue weighted by molar-refractivity contribution is 5.71. The van der Waals surface area contributed by atoms with Crippen LogP contribution in [0.4, 0.5) is 0 Å². The molecule has 6 heteroatoms. The zero-order chi connectivity index (χ0) is 57.1. The van der Waals surface area contributed by atoms with Gasteiger partial charge in [-0.1, -0.05) is 255 Å². The van der Waals surface area contributed by atoms with E-state index in [0.717, 1.165) is 148 Å². The molecule has 6 nitrogen and oxygen atoms in total. The van der Waals surface area contributed by atoms with Crippen molar-refractivity contribution in [3.63, 3.8) is 0 Å². The highest BCUT2D eigenvalue weighted by Gasteiger charge is 2.19. The van der Waals surface area contributed by atoms with Crippen molar-refractivity contribution < 1.29 is 28.6 Å². The van der Waals surface area contributed by atoms with Crippen LogP contribution >= 0.6 is 0 Å². The van der Waals surface area contributed by atoms with Crippen molar-refractivity contribution in [2.45, 2.75) is 258 Å². The van der Waals surface area contributed by atoms with Gasteiger partial charge in [-0.05, 0) is 148 Å². The molecule has 0 aliphatic rings. The summed E-state index contributed by atoms with van der Waals surface area (Å²) in [5.41, 5.74) is 0. The minimum atomic E-state index is -0.825. The lowest BCUT2D eigenvalue weighted by Crippen LogP contribution is -2.30. The topological polar surface area (TPSA) is 78.9 Å². The Morgan fingerprint density at radius 3 is 0.747 bits per heavy atom. The third-order valence-corrected chi connectivity index (χ3v) is 12.7. The van der Waals surface area contributed by atoms with Crippen molar-refractivity contribution in [2.24, 2.45) is 0 Å². The zero-order valence-corrected chi connectivity index (χ0v) is 50.6. The van der Waals surface area contributed by atoms with Crippen molar-refractivity contribution in [3.05, 3.63) is 170 Å². The Morgan fingerprint density at radius 1 is 0.253 bits per heavy atom. The van der Waals surface area contributed by atoms with E-state index in [0.29, 0.717) is 19.3 Å². The highest BCUT2D eigenvalue weighted by Crippen LogP contribution is 2.14. The first-order chi connectivity index (χ1) is 39.0. The lowest BCUT2D eigenvalue weighted by Gasteiger charge is -2.18. The van der Waals surface area contributed by atoms with Crippen LogP contribution in [0.1, 0.15) is 252 Å². The number of carbonyl (C=O) groups excluding carboxylic acids is 3. The first-order valence-electron chi connectivity index (χ1n) is 31.6. The summed E-state index contributed by atoms with van der Waals surface area (Å²) in [6.07, 6.45) is 96.5. The van der Waals surface area contributed by atoms with E-state index in [2.05, 4.69) is 191 Å². The van der Waals surface area contributed by atoms with Gasteiger partial charge in [-0.15, -0.1) is 0 Å². The molecule has 0 aromatic carbocycles. The molecule has 0 fully saturated rings.